The molecule has 2 saturated heterocycles. The molecule has 2 aliphatic rings. The Kier molecular flexibility index (Phi) is 8.40. The summed E-state index contributed by atoms with van der Waals surface area (Å²) in [6.45, 7) is 1.77. The molecule has 0 saturated carbocycles. The fraction of sp³-hybridized carbons (Fsp3) is 0.464. The predicted octanol–water partition coefficient (Wildman–Crippen LogP) is -1.30. The van der Waals surface area contributed by atoms with Gasteiger partial charge in [-0.1, -0.05) is 0 Å². The molecule has 0 amide bonds. The van der Waals surface area contributed by atoms with Crippen LogP contribution in [-0.4, -0.2) is 119 Å². The molecule has 0 radical (unpaired) electrons. The van der Waals surface area contributed by atoms with E-state index < -0.39 is 113 Å². The van der Waals surface area contributed by atoms with Gasteiger partial charge in [0.05, 0.1) is 12.7 Å². The van der Waals surface area contributed by atoms with E-state index in [9.17, 15) is 55.9 Å². The van der Waals surface area contributed by atoms with Crippen molar-refractivity contribution in [2.75, 3.05) is 6.61 Å². The van der Waals surface area contributed by atoms with Crippen LogP contribution in [-0.2, 0) is 14.2 Å². The Morgan fingerprint density at radius 3 is 2.20 bits per heavy atom. The second-order valence-corrected chi connectivity index (χ2v) is 10.8. The van der Waals surface area contributed by atoms with E-state index in [2.05, 4.69) is 0 Å². The highest BCUT2D eigenvalue weighted by molar-refractivity contribution is 5.93. The largest absolute Gasteiger partial charge is 0.508 e. The summed E-state index contributed by atoms with van der Waals surface area (Å²) in [5.74, 6) is -5.76. The average molecular weight is 625 g/mol. The van der Waals surface area contributed by atoms with Crippen LogP contribution in [0.25, 0.3) is 22.3 Å². The minimum absolute atomic E-state index is 0.110. The number of ether oxygens (including phenoxy) is 4. The minimum Gasteiger partial charge on any atom is -0.508 e. The Balaban J connectivity index is 1.48. The van der Waals surface area contributed by atoms with Crippen LogP contribution in [0.15, 0.2) is 39.5 Å². The smallest absolute Gasteiger partial charge is 0.238 e. The zero-order valence-corrected chi connectivity index (χ0v) is 23.2. The summed E-state index contributed by atoms with van der Waals surface area (Å²) in [5, 5.41) is 103. The molecule has 16 nitrogen and oxygen atoms in total. The molecule has 0 bridgehead atoms. The van der Waals surface area contributed by atoms with Crippen molar-refractivity contribution < 1.29 is 74.4 Å². The summed E-state index contributed by atoms with van der Waals surface area (Å²) < 4.78 is 28.0. The summed E-state index contributed by atoms with van der Waals surface area (Å²) >= 11 is 0. The van der Waals surface area contributed by atoms with Crippen molar-refractivity contribution in [1.29, 1.82) is 0 Å². The third kappa shape index (κ3) is 5.29. The maximum atomic E-state index is 12.9. The van der Waals surface area contributed by atoms with Gasteiger partial charge >= 0.3 is 0 Å². The van der Waals surface area contributed by atoms with Crippen molar-refractivity contribution in [2.45, 2.75) is 74.8 Å². The second kappa shape index (κ2) is 11.7. The summed E-state index contributed by atoms with van der Waals surface area (Å²) in [4.78, 5) is 12.9. The lowest BCUT2D eigenvalue weighted by molar-refractivity contribution is -0.394. The monoisotopic (exact) mass is 624 g/mol. The second-order valence-electron chi connectivity index (χ2n) is 10.8. The predicted molar refractivity (Wildman–Crippen MR) is 145 cm³/mol. The highest BCUT2D eigenvalue weighted by atomic mass is 16.7. The highest BCUT2D eigenvalue weighted by Gasteiger charge is 2.56. The van der Waals surface area contributed by atoms with E-state index in [0.29, 0.717) is 0 Å². The van der Waals surface area contributed by atoms with E-state index in [-0.39, 0.29) is 11.3 Å². The molecule has 10 N–H and O–H groups in total. The molecule has 2 aromatic carbocycles. The van der Waals surface area contributed by atoms with Crippen molar-refractivity contribution in [3.63, 3.8) is 0 Å². The van der Waals surface area contributed by atoms with Gasteiger partial charge in [-0.3, -0.25) is 4.79 Å². The number of rotatable bonds is 6. The molecule has 3 heterocycles. The third-order valence-corrected chi connectivity index (χ3v) is 7.74. The number of aromatic hydroxyl groups is 4. The van der Waals surface area contributed by atoms with Crippen molar-refractivity contribution >= 4 is 11.0 Å². The fourth-order valence-electron chi connectivity index (χ4n) is 5.23. The van der Waals surface area contributed by atoms with Crippen LogP contribution in [0.3, 0.4) is 0 Å². The Hall–Kier alpha value is -3.71. The van der Waals surface area contributed by atoms with Gasteiger partial charge in [0, 0.05) is 11.6 Å². The van der Waals surface area contributed by atoms with Gasteiger partial charge in [0.15, 0.2) is 22.9 Å². The zero-order valence-electron chi connectivity index (χ0n) is 23.2. The van der Waals surface area contributed by atoms with Crippen molar-refractivity contribution in [2.24, 2.45) is 0 Å². The number of aliphatic hydroxyl groups excluding tert-OH is 6. The molecule has 240 valence electrons. The molecule has 10 atom stereocenters. The number of benzene rings is 2. The number of phenols is 3. The number of hydrogen-bond acceptors (Lipinski definition) is 16. The standard InChI is InChI=1S/C28H32O16/c1-9-16(32)25(44-28(2)26(39)21(37)17(33)14(8-29)43-28)22(38)27(40-9)41-13-7-12(31)15-19(35)20(36)23(42-24(15)18(13)34)10-3-5-11(30)6-4-10/h3-7,9,14,16-17,21-22,25-27,29-34,36-39H,8H2,1-2H3/t9-,14+,16-,17+,21-,22+,25+,26+,27-,28-/m0/s1. The molecular formula is C28H32O16. The van der Waals surface area contributed by atoms with Gasteiger partial charge in [-0.05, 0) is 38.1 Å². The van der Waals surface area contributed by atoms with E-state index in [1.165, 1.54) is 31.2 Å². The number of aliphatic hydroxyl groups is 6. The van der Waals surface area contributed by atoms with Gasteiger partial charge in [0.1, 0.15) is 59.6 Å². The number of fused-ring (bicyclic) bond motifs is 1. The molecular weight excluding hydrogens is 592 g/mol. The highest BCUT2D eigenvalue weighted by Crippen LogP contribution is 2.44. The Bertz CT molecular complexity index is 1570. The fourth-order valence-corrected chi connectivity index (χ4v) is 5.23. The Morgan fingerprint density at radius 1 is 0.909 bits per heavy atom. The van der Waals surface area contributed by atoms with Gasteiger partial charge in [-0.15, -0.1) is 0 Å². The minimum atomic E-state index is -2.17. The van der Waals surface area contributed by atoms with E-state index in [4.69, 9.17) is 23.4 Å². The lowest BCUT2D eigenvalue weighted by Gasteiger charge is -2.50. The first-order chi connectivity index (χ1) is 20.7. The average Bonchev–Trinajstić information content (AvgIpc) is 2.99. The maximum Gasteiger partial charge on any atom is 0.238 e. The Morgan fingerprint density at radius 2 is 1.57 bits per heavy atom. The molecule has 0 spiro atoms. The van der Waals surface area contributed by atoms with Crippen molar-refractivity contribution in [3.05, 3.63) is 40.6 Å². The van der Waals surface area contributed by atoms with Crippen LogP contribution in [0.2, 0.25) is 0 Å². The van der Waals surface area contributed by atoms with Crippen molar-refractivity contribution in [1.82, 2.24) is 0 Å². The van der Waals surface area contributed by atoms with Gasteiger partial charge < -0.3 is 74.4 Å². The first kappa shape index (κ1) is 31.7. The van der Waals surface area contributed by atoms with Crippen LogP contribution >= 0.6 is 0 Å². The van der Waals surface area contributed by atoms with E-state index in [1.54, 1.807) is 0 Å². The summed E-state index contributed by atoms with van der Waals surface area (Å²) in [6.07, 6.45) is -14.8. The summed E-state index contributed by atoms with van der Waals surface area (Å²) in [5.41, 5.74) is -1.56. The molecule has 2 fully saturated rings. The normalized spacial score (nSPS) is 34.2. The van der Waals surface area contributed by atoms with Gasteiger partial charge in [-0.2, -0.15) is 0 Å². The number of hydrogen-bond donors (Lipinski definition) is 10. The SMILES string of the molecule is C[C@@H]1O[C@@H](Oc2cc(O)c3c(=O)c(O)c(-c4ccc(O)cc4)oc3c2O)[C@H](O)[C@H](O[C@]2(C)O[C@H](CO)[C@@H](O)[C@H](O)[C@H]2O)[C@H]1O. The van der Waals surface area contributed by atoms with E-state index in [0.717, 1.165) is 13.0 Å². The van der Waals surface area contributed by atoms with Crippen LogP contribution in [0.4, 0.5) is 0 Å². The van der Waals surface area contributed by atoms with Gasteiger partial charge in [0.2, 0.25) is 23.2 Å². The van der Waals surface area contributed by atoms with Crippen LogP contribution in [0.5, 0.6) is 28.7 Å². The summed E-state index contributed by atoms with van der Waals surface area (Å²) in [6, 6.07) is 5.97. The quantitative estimate of drug-likeness (QED) is 0.143. The molecule has 2 aliphatic heterocycles. The Labute approximate surface area is 247 Å². The first-order valence-electron chi connectivity index (χ1n) is 13.4. The third-order valence-electron chi connectivity index (χ3n) is 7.74. The van der Waals surface area contributed by atoms with Crippen LogP contribution in [0, 0.1) is 0 Å². The van der Waals surface area contributed by atoms with Crippen LogP contribution < -0.4 is 10.2 Å². The van der Waals surface area contributed by atoms with Gasteiger partial charge in [-0.25, -0.2) is 0 Å². The van der Waals surface area contributed by atoms with Crippen LogP contribution in [0.1, 0.15) is 13.8 Å². The first-order valence-corrected chi connectivity index (χ1v) is 13.4. The molecule has 0 unspecified atom stereocenters. The molecule has 0 aliphatic carbocycles. The zero-order chi connectivity index (χ0) is 32.2. The van der Waals surface area contributed by atoms with E-state index >= 15 is 0 Å². The maximum absolute atomic E-state index is 12.9. The lowest BCUT2D eigenvalue weighted by Crippen LogP contribution is -2.68. The number of phenolic OH excluding ortho intramolecular Hbond substituents is 3. The van der Waals surface area contributed by atoms with E-state index in [1.807, 2.05) is 0 Å². The topological polar surface area (TPSA) is 269 Å². The molecule has 5 rings (SSSR count). The lowest BCUT2D eigenvalue weighted by atomic mass is 9.92. The van der Waals surface area contributed by atoms with Gasteiger partial charge in [0.25, 0.3) is 0 Å². The molecule has 44 heavy (non-hydrogen) atoms. The molecule has 1 aromatic heterocycles. The molecule has 3 aromatic rings. The summed E-state index contributed by atoms with van der Waals surface area (Å²) in [7, 11) is 0. The van der Waals surface area contributed by atoms with Crippen molar-refractivity contribution in [3.8, 4) is 40.1 Å². The molecule has 16 heteroatoms.